The second kappa shape index (κ2) is 8.85. The number of nitrogens with zero attached hydrogens (tertiary/aromatic N) is 7. The highest BCUT2D eigenvalue weighted by Crippen LogP contribution is 2.33. The Morgan fingerprint density at radius 3 is 2.59 bits per heavy atom. The molecule has 0 aliphatic carbocycles. The van der Waals surface area contributed by atoms with Crippen LogP contribution >= 0.6 is 11.6 Å². The highest BCUT2D eigenvalue weighted by Gasteiger charge is 2.48. The molecule has 37 heavy (non-hydrogen) atoms. The number of ether oxygens (including phenoxy) is 3. The number of aliphatic hydroxyl groups excluding tert-OH is 1. The molecule has 7 rings (SSSR count). The van der Waals surface area contributed by atoms with Gasteiger partial charge < -0.3 is 24.3 Å². The quantitative estimate of drug-likeness (QED) is 0.355. The van der Waals surface area contributed by atoms with Crippen LogP contribution < -0.4 is 4.74 Å². The van der Waals surface area contributed by atoms with Crippen LogP contribution in [0.3, 0.4) is 0 Å². The summed E-state index contributed by atoms with van der Waals surface area (Å²) >= 11 is 6.58. The lowest BCUT2D eigenvalue weighted by Crippen LogP contribution is -2.34. The molecule has 1 aromatic carbocycles. The molecule has 2 aliphatic rings. The van der Waals surface area contributed by atoms with E-state index in [-0.39, 0.29) is 24.9 Å². The smallest absolute Gasteiger partial charge is 0.296 e. The van der Waals surface area contributed by atoms with E-state index in [0.29, 0.717) is 40.3 Å². The van der Waals surface area contributed by atoms with E-state index >= 15 is 0 Å². The molecule has 12 nitrogen and oxygen atoms in total. The third kappa shape index (κ3) is 4.00. The van der Waals surface area contributed by atoms with Gasteiger partial charge in [-0.15, -0.1) is 5.10 Å². The Kier molecular flexibility index (Phi) is 5.32. The van der Waals surface area contributed by atoms with Gasteiger partial charge >= 0.3 is 0 Å². The number of hydrogen-bond acceptors (Lipinski definition) is 10. The molecular formula is C24H19ClN8O4. The van der Waals surface area contributed by atoms with Crippen molar-refractivity contribution in [3.63, 3.8) is 0 Å². The average Bonchev–Trinajstić information content (AvgIpc) is 3.71. The topological polar surface area (TPSA) is 146 Å². The van der Waals surface area contributed by atoms with Crippen molar-refractivity contribution >= 4 is 22.8 Å². The third-order valence-electron chi connectivity index (χ3n) is 6.47. The molecule has 4 atom stereocenters. The van der Waals surface area contributed by atoms with E-state index < -0.39 is 6.10 Å². The number of aromatic nitrogens is 8. The van der Waals surface area contributed by atoms with Gasteiger partial charge in [0.15, 0.2) is 17.6 Å². The van der Waals surface area contributed by atoms with Crippen molar-refractivity contribution in [1.82, 2.24) is 40.1 Å². The number of fused-ring (bicyclic) bond motifs is 2. The Bertz CT molecular complexity index is 1560. The molecule has 2 fully saturated rings. The highest BCUT2D eigenvalue weighted by molar-refractivity contribution is 6.33. The predicted molar refractivity (Wildman–Crippen MR) is 130 cm³/mol. The van der Waals surface area contributed by atoms with Crippen molar-refractivity contribution in [3.05, 3.63) is 60.0 Å². The van der Waals surface area contributed by atoms with Crippen LogP contribution in [-0.2, 0) is 9.47 Å². The first-order valence-corrected chi connectivity index (χ1v) is 11.9. The zero-order valence-electron chi connectivity index (χ0n) is 19.1. The SMILES string of the molecule is O[C@@H]1COC2C1OC[C@H]2Oc1nc2nc(-c3ccc(-c4ccc(-n5cnnn5)nc4)cc3)c(Cl)cc2[nH]1. The number of H-pyrrole nitrogens is 1. The van der Waals surface area contributed by atoms with Gasteiger partial charge in [0.25, 0.3) is 6.01 Å². The van der Waals surface area contributed by atoms with Crippen LogP contribution in [0.15, 0.2) is 55.0 Å². The van der Waals surface area contributed by atoms with E-state index in [1.807, 2.05) is 36.4 Å². The van der Waals surface area contributed by atoms with Crippen molar-refractivity contribution in [2.45, 2.75) is 24.4 Å². The average molecular weight is 519 g/mol. The fourth-order valence-corrected chi connectivity index (χ4v) is 4.88. The molecule has 4 aromatic heterocycles. The van der Waals surface area contributed by atoms with Gasteiger partial charge in [0.1, 0.15) is 24.6 Å². The fraction of sp³-hybridized carbons (Fsp3) is 0.250. The Morgan fingerprint density at radius 1 is 1.00 bits per heavy atom. The minimum Gasteiger partial charge on any atom is -0.456 e. The molecule has 2 N–H and O–H groups in total. The maximum atomic E-state index is 9.93. The molecule has 0 saturated carbocycles. The normalized spacial score (nSPS) is 23.0. The van der Waals surface area contributed by atoms with Gasteiger partial charge in [0.2, 0.25) is 0 Å². The van der Waals surface area contributed by atoms with Gasteiger partial charge in [-0.05, 0) is 34.2 Å². The Hall–Kier alpha value is -3.97. The zero-order chi connectivity index (χ0) is 24.9. The van der Waals surface area contributed by atoms with E-state index in [1.54, 1.807) is 12.3 Å². The number of hydrogen-bond donors (Lipinski definition) is 2. The van der Waals surface area contributed by atoms with Crippen molar-refractivity contribution in [3.8, 4) is 34.2 Å². The molecule has 0 bridgehead atoms. The summed E-state index contributed by atoms with van der Waals surface area (Å²) in [7, 11) is 0. The first-order chi connectivity index (χ1) is 18.1. The number of nitrogens with one attached hydrogen (secondary N) is 1. The summed E-state index contributed by atoms with van der Waals surface area (Å²) in [5, 5.41) is 21.5. The number of tetrazole rings is 1. The lowest BCUT2D eigenvalue weighted by Gasteiger charge is -2.15. The summed E-state index contributed by atoms with van der Waals surface area (Å²) < 4.78 is 18.7. The van der Waals surface area contributed by atoms with Crippen LogP contribution in [0.2, 0.25) is 5.02 Å². The van der Waals surface area contributed by atoms with Gasteiger partial charge in [-0.2, -0.15) is 9.67 Å². The summed E-state index contributed by atoms with van der Waals surface area (Å²) in [6, 6.07) is 13.7. The minimum atomic E-state index is -0.642. The van der Waals surface area contributed by atoms with Crippen LogP contribution in [0.1, 0.15) is 0 Å². The number of imidazole rings is 1. The fourth-order valence-electron chi connectivity index (χ4n) is 4.62. The molecular weight excluding hydrogens is 500 g/mol. The van der Waals surface area contributed by atoms with Gasteiger partial charge in [0.05, 0.1) is 29.4 Å². The first-order valence-electron chi connectivity index (χ1n) is 11.6. The summed E-state index contributed by atoms with van der Waals surface area (Å²) in [6.07, 6.45) is 1.53. The second-order valence-corrected chi connectivity index (χ2v) is 9.20. The van der Waals surface area contributed by atoms with E-state index in [9.17, 15) is 5.11 Å². The first kappa shape index (κ1) is 22.2. The molecule has 5 aromatic rings. The zero-order valence-corrected chi connectivity index (χ0v) is 19.9. The van der Waals surface area contributed by atoms with Gasteiger partial charge in [-0.3, -0.25) is 0 Å². The number of aromatic amines is 1. The molecule has 2 unspecified atom stereocenters. The summed E-state index contributed by atoms with van der Waals surface area (Å²) in [6.45, 7) is 0.544. The van der Waals surface area contributed by atoms with E-state index in [1.165, 1.54) is 11.0 Å². The second-order valence-electron chi connectivity index (χ2n) is 8.79. The number of halogens is 1. The molecule has 2 aliphatic heterocycles. The molecule has 13 heteroatoms. The lowest BCUT2D eigenvalue weighted by atomic mass is 10.0. The number of rotatable bonds is 5. The number of aliphatic hydroxyl groups is 1. The van der Waals surface area contributed by atoms with Crippen molar-refractivity contribution in [2.75, 3.05) is 13.2 Å². The number of benzene rings is 1. The number of pyridine rings is 2. The van der Waals surface area contributed by atoms with Crippen molar-refractivity contribution in [2.24, 2.45) is 0 Å². The molecule has 6 heterocycles. The van der Waals surface area contributed by atoms with E-state index in [0.717, 1.165) is 16.7 Å². The molecule has 186 valence electrons. The van der Waals surface area contributed by atoms with Crippen LogP contribution in [-0.4, -0.2) is 82.9 Å². The van der Waals surface area contributed by atoms with Crippen LogP contribution in [0, 0.1) is 0 Å². The standard InChI is InChI=1S/C24H19ClN8O4/c25-15-7-16-23(30-24(28-16)37-18-10-36-21-17(34)9-35-22(18)21)29-20(15)13-3-1-12(2-4-13)14-5-6-19(26-8-14)33-11-27-31-32-33/h1-8,11,17-18,21-22,34H,9-10H2,(H,28,29,30)/t17-,18-,21?,22?/m1/s1. The largest absolute Gasteiger partial charge is 0.456 e. The summed E-state index contributed by atoms with van der Waals surface area (Å²) in [4.78, 5) is 16.7. The highest BCUT2D eigenvalue weighted by atomic mass is 35.5. The summed E-state index contributed by atoms with van der Waals surface area (Å²) in [5.41, 5.74) is 4.52. The van der Waals surface area contributed by atoms with Crippen LogP contribution in [0.25, 0.3) is 39.4 Å². The molecule has 0 spiro atoms. The predicted octanol–water partition coefficient (Wildman–Crippen LogP) is 2.22. The molecule has 0 amide bonds. The maximum absolute atomic E-state index is 9.93. The Morgan fingerprint density at radius 2 is 1.81 bits per heavy atom. The third-order valence-corrected chi connectivity index (χ3v) is 6.76. The maximum Gasteiger partial charge on any atom is 0.296 e. The van der Waals surface area contributed by atoms with E-state index in [2.05, 4.69) is 35.5 Å². The Labute approximate surface area is 214 Å². The van der Waals surface area contributed by atoms with Crippen LogP contribution in [0.4, 0.5) is 0 Å². The molecule has 0 radical (unpaired) electrons. The van der Waals surface area contributed by atoms with Crippen LogP contribution in [0.5, 0.6) is 6.01 Å². The van der Waals surface area contributed by atoms with Crippen molar-refractivity contribution in [1.29, 1.82) is 0 Å². The van der Waals surface area contributed by atoms with Gasteiger partial charge in [-0.25, -0.2) is 9.97 Å². The minimum absolute atomic E-state index is 0.233. The lowest BCUT2D eigenvalue weighted by molar-refractivity contribution is 0.00706. The molecule has 2 saturated heterocycles. The van der Waals surface area contributed by atoms with Gasteiger partial charge in [-0.1, -0.05) is 35.9 Å². The monoisotopic (exact) mass is 518 g/mol. The van der Waals surface area contributed by atoms with E-state index in [4.69, 9.17) is 25.8 Å². The summed E-state index contributed by atoms with van der Waals surface area (Å²) in [5.74, 6) is 0.630. The van der Waals surface area contributed by atoms with Crippen molar-refractivity contribution < 1.29 is 19.3 Å². The Balaban J connectivity index is 1.11. The van der Waals surface area contributed by atoms with Gasteiger partial charge in [0, 0.05) is 17.3 Å².